The van der Waals surface area contributed by atoms with E-state index in [2.05, 4.69) is 4.99 Å². The van der Waals surface area contributed by atoms with E-state index in [4.69, 9.17) is 4.55 Å². The van der Waals surface area contributed by atoms with E-state index in [1.807, 2.05) is 12.3 Å². The zero-order valence-corrected chi connectivity index (χ0v) is 10.3. The topological polar surface area (TPSA) is 66.7 Å². The Morgan fingerprint density at radius 1 is 1.50 bits per heavy atom. The summed E-state index contributed by atoms with van der Waals surface area (Å²) >= 11 is 1.59. The van der Waals surface area contributed by atoms with Crippen LogP contribution in [0.2, 0.25) is 0 Å². The van der Waals surface area contributed by atoms with E-state index in [0.717, 1.165) is 22.7 Å². The molecule has 0 saturated carbocycles. The van der Waals surface area contributed by atoms with Gasteiger partial charge in [0, 0.05) is 6.42 Å². The van der Waals surface area contributed by atoms with Crippen LogP contribution in [0, 0.1) is 0 Å². The highest BCUT2D eigenvalue weighted by Gasteiger charge is 2.15. The maximum absolute atomic E-state index is 10.7. The molecule has 0 fully saturated rings. The molecule has 1 aliphatic heterocycles. The van der Waals surface area contributed by atoms with Gasteiger partial charge in [-0.25, -0.2) is 4.99 Å². The lowest BCUT2D eigenvalue weighted by atomic mass is 10.1. The standard InChI is InChI=1S/C10H11NO3S2/c1-15-10-5-8-3-2-7(4-9(8)11-10)6-16(12,13)14/h2-4H,5-6H2,1H3,(H,12,13,14). The summed E-state index contributed by atoms with van der Waals surface area (Å²) in [6.45, 7) is 0. The number of fused-ring (bicyclic) bond motifs is 1. The molecule has 0 radical (unpaired) electrons. The minimum Gasteiger partial charge on any atom is -0.285 e. The third-order valence-electron chi connectivity index (χ3n) is 2.32. The first-order chi connectivity index (χ1) is 7.48. The maximum Gasteiger partial charge on any atom is 0.269 e. The molecule has 1 aromatic rings. The number of benzene rings is 1. The average Bonchev–Trinajstić information content (AvgIpc) is 2.57. The van der Waals surface area contributed by atoms with Crippen molar-refractivity contribution in [3.05, 3.63) is 29.3 Å². The predicted octanol–water partition coefficient (Wildman–Crippen LogP) is 2.02. The van der Waals surface area contributed by atoms with Crippen LogP contribution in [-0.4, -0.2) is 24.3 Å². The van der Waals surface area contributed by atoms with Gasteiger partial charge in [-0.1, -0.05) is 12.1 Å². The van der Waals surface area contributed by atoms with Gasteiger partial charge >= 0.3 is 0 Å². The van der Waals surface area contributed by atoms with Crippen molar-refractivity contribution < 1.29 is 13.0 Å². The fourth-order valence-corrected chi connectivity index (χ4v) is 2.71. The number of hydrogen-bond acceptors (Lipinski definition) is 4. The minimum absolute atomic E-state index is 0.357. The highest BCUT2D eigenvalue weighted by molar-refractivity contribution is 8.13. The van der Waals surface area contributed by atoms with Crippen molar-refractivity contribution in [1.82, 2.24) is 0 Å². The maximum atomic E-state index is 10.7. The Hall–Kier alpha value is -0.850. The lowest BCUT2D eigenvalue weighted by Gasteiger charge is -2.01. The molecule has 6 heteroatoms. The molecule has 0 spiro atoms. The van der Waals surface area contributed by atoms with Crippen LogP contribution < -0.4 is 0 Å². The highest BCUT2D eigenvalue weighted by Crippen LogP contribution is 2.30. The summed E-state index contributed by atoms with van der Waals surface area (Å²) in [5.74, 6) is -0.357. The zero-order valence-electron chi connectivity index (χ0n) is 8.67. The molecule has 1 aromatic carbocycles. The first-order valence-electron chi connectivity index (χ1n) is 4.66. The average molecular weight is 257 g/mol. The summed E-state index contributed by atoms with van der Waals surface area (Å²) in [6.07, 6.45) is 2.77. The van der Waals surface area contributed by atoms with Crippen LogP contribution in [0.25, 0.3) is 0 Å². The molecule has 86 valence electrons. The smallest absolute Gasteiger partial charge is 0.269 e. The van der Waals surface area contributed by atoms with Crippen LogP contribution in [0.4, 0.5) is 5.69 Å². The Kier molecular flexibility index (Phi) is 3.05. The van der Waals surface area contributed by atoms with Gasteiger partial charge in [0.25, 0.3) is 10.1 Å². The van der Waals surface area contributed by atoms with E-state index in [1.54, 1.807) is 23.9 Å². The number of thioether (sulfide) groups is 1. The van der Waals surface area contributed by atoms with Crippen LogP contribution in [0.15, 0.2) is 23.2 Å². The van der Waals surface area contributed by atoms with E-state index in [0.29, 0.717) is 5.56 Å². The van der Waals surface area contributed by atoms with Crippen molar-refractivity contribution in [2.45, 2.75) is 12.2 Å². The normalized spacial score (nSPS) is 14.8. The number of rotatable bonds is 2. The molecule has 0 atom stereocenters. The number of hydrogen-bond donors (Lipinski definition) is 1. The van der Waals surface area contributed by atoms with Gasteiger partial charge in [-0.2, -0.15) is 8.42 Å². The number of aliphatic imine (C=N–C) groups is 1. The van der Waals surface area contributed by atoms with Gasteiger partial charge in [0.1, 0.15) is 5.75 Å². The summed E-state index contributed by atoms with van der Waals surface area (Å²) < 4.78 is 30.2. The Labute approximate surface area is 98.5 Å². The Balaban J connectivity index is 2.30. The van der Waals surface area contributed by atoms with Gasteiger partial charge in [-0.15, -0.1) is 11.8 Å². The number of nitrogens with zero attached hydrogens (tertiary/aromatic N) is 1. The molecule has 4 nitrogen and oxygen atoms in total. The second-order valence-corrected chi connectivity index (χ2v) is 5.91. The molecule has 0 aliphatic carbocycles. The third kappa shape index (κ3) is 2.63. The van der Waals surface area contributed by atoms with Gasteiger partial charge in [0.2, 0.25) is 0 Å². The minimum atomic E-state index is -3.97. The summed E-state index contributed by atoms with van der Waals surface area (Å²) in [6, 6.07) is 5.29. The molecule has 1 N–H and O–H groups in total. The van der Waals surface area contributed by atoms with Crippen molar-refractivity contribution in [3.63, 3.8) is 0 Å². The van der Waals surface area contributed by atoms with Crippen molar-refractivity contribution in [2.24, 2.45) is 4.99 Å². The van der Waals surface area contributed by atoms with Crippen molar-refractivity contribution in [1.29, 1.82) is 0 Å². The van der Waals surface area contributed by atoms with Gasteiger partial charge in [0.15, 0.2) is 0 Å². The second kappa shape index (κ2) is 4.20. The van der Waals surface area contributed by atoms with Crippen molar-refractivity contribution in [2.75, 3.05) is 6.26 Å². The van der Waals surface area contributed by atoms with E-state index in [-0.39, 0.29) is 5.75 Å². The zero-order chi connectivity index (χ0) is 11.8. The van der Waals surface area contributed by atoms with Crippen molar-refractivity contribution in [3.8, 4) is 0 Å². The van der Waals surface area contributed by atoms with Gasteiger partial charge in [0.05, 0.1) is 10.7 Å². The molecule has 2 rings (SSSR count). The van der Waals surface area contributed by atoms with Crippen LogP contribution in [0.3, 0.4) is 0 Å². The van der Waals surface area contributed by atoms with E-state index in [1.165, 1.54) is 0 Å². The molecule has 16 heavy (non-hydrogen) atoms. The monoisotopic (exact) mass is 257 g/mol. The van der Waals surface area contributed by atoms with Crippen LogP contribution in [0.5, 0.6) is 0 Å². The predicted molar refractivity (Wildman–Crippen MR) is 66.0 cm³/mol. The molecule has 1 heterocycles. The van der Waals surface area contributed by atoms with Crippen LogP contribution in [-0.2, 0) is 22.3 Å². The van der Waals surface area contributed by atoms with E-state index >= 15 is 0 Å². The Bertz CT molecular complexity index is 549. The van der Waals surface area contributed by atoms with Crippen molar-refractivity contribution >= 4 is 32.6 Å². The molecule has 0 amide bonds. The molecule has 1 aliphatic rings. The Morgan fingerprint density at radius 2 is 2.25 bits per heavy atom. The lowest BCUT2D eigenvalue weighted by molar-refractivity contribution is 0.482. The summed E-state index contributed by atoms with van der Waals surface area (Å²) in [7, 11) is -3.97. The van der Waals surface area contributed by atoms with E-state index in [9.17, 15) is 8.42 Å². The van der Waals surface area contributed by atoms with Gasteiger partial charge in [-0.3, -0.25) is 4.55 Å². The lowest BCUT2D eigenvalue weighted by Crippen LogP contribution is -2.01. The van der Waals surface area contributed by atoms with Gasteiger partial charge in [-0.05, 0) is 23.4 Å². The fourth-order valence-electron chi connectivity index (χ4n) is 1.62. The molecule has 0 aromatic heterocycles. The molecule has 0 bridgehead atoms. The largest absolute Gasteiger partial charge is 0.285 e. The summed E-state index contributed by atoms with van der Waals surface area (Å²) in [5, 5.41) is 1.03. The second-order valence-electron chi connectivity index (χ2n) is 3.58. The SMILES string of the molecule is CSC1=Nc2cc(CS(=O)(=O)O)ccc2C1. The molecular formula is C10H11NO3S2. The van der Waals surface area contributed by atoms with Crippen LogP contribution >= 0.6 is 11.8 Å². The highest BCUT2D eigenvalue weighted by atomic mass is 32.2. The molecule has 0 unspecified atom stereocenters. The van der Waals surface area contributed by atoms with Crippen LogP contribution in [0.1, 0.15) is 11.1 Å². The van der Waals surface area contributed by atoms with Gasteiger partial charge < -0.3 is 0 Å². The first-order valence-corrected chi connectivity index (χ1v) is 7.50. The third-order valence-corrected chi connectivity index (χ3v) is 3.73. The summed E-state index contributed by atoms with van der Waals surface area (Å²) in [4.78, 5) is 4.36. The Morgan fingerprint density at radius 3 is 2.88 bits per heavy atom. The first kappa shape index (κ1) is 11.6. The fraction of sp³-hybridized carbons (Fsp3) is 0.300. The quantitative estimate of drug-likeness (QED) is 0.823. The summed E-state index contributed by atoms with van der Waals surface area (Å²) in [5.41, 5.74) is 2.47. The molecule has 0 saturated heterocycles. The molecular weight excluding hydrogens is 246 g/mol. The van der Waals surface area contributed by atoms with E-state index < -0.39 is 10.1 Å².